The summed E-state index contributed by atoms with van der Waals surface area (Å²) in [7, 11) is 0. The van der Waals surface area contributed by atoms with Crippen molar-refractivity contribution in [2.75, 3.05) is 6.61 Å². The highest BCUT2D eigenvalue weighted by molar-refractivity contribution is 5.89. The van der Waals surface area contributed by atoms with E-state index in [1.807, 2.05) is 13.0 Å². The molecule has 0 aliphatic heterocycles. The fraction of sp³-hybridized carbons (Fsp3) is 0.720. The molecule has 4 nitrogen and oxygen atoms in total. The fourth-order valence-corrected chi connectivity index (χ4v) is 8.02. The molecule has 0 amide bonds. The molecule has 0 bridgehead atoms. The molecular weight excluding hydrogens is 364 g/mol. The number of hydrogen-bond acceptors (Lipinski definition) is 4. The molecule has 4 rings (SSSR count). The molecule has 3 saturated carbocycles. The van der Waals surface area contributed by atoms with Crippen LogP contribution in [0.5, 0.6) is 0 Å². The van der Waals surface area contributed by atoms with Crippen LogP contribution < -0.4 is 0 Å². The molecule has 4 heteroatoms. The summed E-state index contributed by atoms with van der Waals surface area (Å²) in [5.41, 5.74) is 0.523. The van der Waals surface area contributed by atoms with Crippen molar-refractivity contribution < 1.29 is 20.1 Å². The molecule has 0 radical (unpaired) electrons. The highest BCUT2D eigenvalue weighted by atomic mass is 16.3. The maximum Gasteiger partial charge on any atom is 0.190 e. The lowest BCUT2D eigenvalue weighted by Gasteiger charge is -2.61. The second kappa shape index (κ2) is 6.90. The minimum absolute atomic E-state index is 0.0523. The van der Waals surface area contributed by atoms with Crippen molar-refractivity contribution in [1.82, 2.24) is 0 Å². The topological polar surface area (TPSA) is 77.8 Å². The van der Waals surface area contributed by atoms with Crippen molar-refractivity contribution in [1.29, 1.82) is 0 Å². The zero-order valence-corrected chi connectivity index (χ0v) is 18.0. The third-order valence-electron chi connectivity index (χ3n) is 9.38. The maximum absolute atomic E-state index is 12.5. The first-order chi connectivity index (χ1) is 13.6. The highest BCUT2D eigenvalue weighted by Gasteiger charge is 2.68. The Morgan fingerprint density at radius 2 is 2.03 bits per heavy atom. The van der Waals surface area contributed by atoms with Gasteiger partial charge in [0.25, 0.3) is 0 Å². The fourth-order valence-electron chi connectivity index (χ4n) is 8.02. The van der Waals surface area contributed by atoms with Crippen LogP contribution in [0.2, 0.25) is 0 Å². The lowest BCUT2D eigenvalue weighted by atomic mass is 9.44. The monoisotopic (exact) mass is 400 g/mol. The first kappa shape index (κ1) is 21.0. The maximum atomic E-state index is 12.5. The Balaban J connectivity index is 1.73. The molecule has 0 aromatic rings. The van der Waals surface area contributed by atoms with E-state index >= 15 is 0 Å². The smallest absolute Gasteiger partial charge is 0.190 e. The standard InChI is InChI=1S/C25H36O4/c1-5-6-16-11-17-7-8-18-19-9-10-25(29,21(28)14-26)24(19,4)13-20(27)22(18)23(17,3)12-15(16)2/h5-6,11,15,18-20,22,26-27,29H,1,7-10,12-14H2,2-4H3/b16-6-/t15-,18?,19-,20-,22+,23-,24-,25-/m0/s1. The molecule has 160 valence electrons. The second-order valence-electron chi connectivity index (χ2n) is 10.6. The van der Waals surface area contributed by atoms with E-state index in [0.717, 1.165) is 25.7 Å². The average Bonchev–Trinajstić information content (AvgIpc) is 2.93. The van der Waals surface area contributed by atoms with Crippen LogP contribution in [0.25, 0.3) is 0 Å². The molecule has 0 aromatic heterocycles. The van der Waals surface area contributed by atoms with E-state index in [9.17, 15) is 20.1 Å². The summed E-state index contributed by atoms with van der Waals surface area (Å²) < 4.78 is 0. The number of hydrogen-bond donors (Lipinski definition) is 3. The Labute approximate surface area is 174 Å². The van der Waals surface area contributed by atoms with Crippen molar-refractivity contribution in [3.8, 4) is 0 Å². The summed E-state index contributed by atoms with van der Waals surface area (Å²) in [6.07, 6.45) is 10.4. The molecule has 1 unspecified atom stereocenters. The third-order valence-corrected chi connectivity index (χ3v) is 9.38. The van der Waals surface area contributed by atoms with Gasteiger partial charge in [0.1, 0.15) is 12.2 Å². The number of aliphatic hydroxyl groups is 3. The highest BCUT2D eigenvalue weighted by Crippen LogP contribution is 2.68. The summed E-state index contributed by atoms with van der Waals surface area (Å²) in [6.45, 7) is 9.77. The van der Waals surface area contributed by atoms with Crippen LogP contribution in [-0.2, 0) is 4.79 Å². The molecule has 0 saturated heterocycles. The van der Waals surface area contributed by atoms with Crippen LogP contribution in [0, 0.1) is 34.5 Å². The Morgan fingerprint density at radius 3 is 2.69 bits per heavy atom. The third kappa shape index (κ3) is 2.72. The molecule has 0 aromatic carbocycles. The van der Waals surface area contributed by atoms with Crippen LogP contribution in [0.15, 0.2) is 36.0 Å². The largest absolute Gasteiger partial charge is 0.393 e. The Morgan fingerprint density at radius 1 is 1.31 bits per heavy atom. The van der Waals surface area contributed by atoms with E-state index in [1.54, 1.807) is 0 Å². The van der Waals surface area contributed by atoms with E-state index in [1.165, 1.54) is 11.1 Å². The number of Topliss-reactive ketones (excluding diaryl/α,β-unsaturated/α-hetero) is 1. The van der Waals surface area contributed by atoms with Gasteiger partial charge in [0.15, 0.2) is 5.78 Å². The van der Waals surface area contributed by atoms with Crippen LogP contribution >= 0.6 is 0 Å². The van der Waals surface area contributed by atoms with E-state index < -0.39 is 29.5 Å². The molecule has 29 heavy (non-hydrogen) atoms. The van der Waals surface area contributed by atoms with Crippen molar-refractivity contribution in [3.63, 3.8) is 0 Å². The lowest BCUT2D eigenvalue weighted by molar-refractivity contribution is -0.182. The van der Waals surface area contributed by atoms with Gasteiger partial charge in [0, 0.05) is 5.41 Å². The molecular formula is C25H36O4. The molecule has 0 spiro atoms. The van der Waals surface area contributed by atoms with Gasteiger partial charge < -0.3 is 15.3 Å². The van der Waals surface area contributed by atoms with Crippen LogP contribution in [0.3, 0.4) is 0 Å². The first-order valence-electron chi connectivity index (χ1n) is 11.2. The summed E-state index contributed by atoms with van der Waals surface area (Å²) >= 11 is 0. The normalized spacial score (nSPS) is 50.3. The van der Waals surface area contributed by atoms with Crippen LogP contribution in [0.1, 0.15) is 59.3 Å². The minimum atomic E-state index is -1.52. The van der Waals surface area contributed by atoms with Crippen molar-refractivity contribution >= 4 is 5.78 Å². The summed E-state index contributed by atoms with van der Waals surface area (Å²) in [6, 6.07) is 0. The predicted molar refractivity (Wildman–Crippen MR) is 113 cm³/mol. The van der Waals surface area contributed by atoms with E-state index in [-0.39, 0.29) is 17.3 Å². The minimum Gasteiger partial charge on any atom is -0.393 e. The number of ketones is 1. The van der Waals surface area contributed by atoms with Crippen LogP contribution in [-0.4, -0.2) is 39.4 Å². The van der Waals surface area contributed by atoms with Crippen molar-refractivity contribution in [3.05, 3.63) is 36.0 Å². The Kier molecular flexibility index (Phi) is 5.00. The number of fused-ring (bicyclic) bond motifs is 5. The predicted octanol–water partition coefficient (Wildman–Crippen LogP) is 3.57. The van der Waals surface area contributed by atoms with Gasteiger partial charge in [0.05, 0.1) is 6.10 Å². The number of carbonyl (C=O) groups excluding carboxylic acids is 1. The number of allylic oxidation sites excluding steroid dienone is 5. The quantitative estimate of drug-likeness (QED) is 0.677. The first-order valence-corrected chi connectivity index (χ1v) is 11.2. The lowest BCUT2D eigenvalue weighted by Crippen LogP contribution is -2.62. The second-order valence-corrected chi connectivity index (χ2v) is 10.6. The Bertz CT molecular complexity index is 782. The van der Waals surface area contributed by atoms with Gasteiger partial charge in [-0.25, -0.2) is 0 Å². The molecule has 8 atom stereocenters. The number of rotatable bonds is 3. The van der Waals surface area contributed by atoms with Gasteiger partial charge in [0.2, 0.25) is 0 Å². The zero-order valence-electron chi connectivity index (χ0n) is 18.0. The Hall–Kier alpha value is -1.23. The SMILES string of the molecule is C=C/C=C1/C=C2CCC3[C@H]([C@@H](O)C[C@@]4(C)[C@H]3CC[C@]4(O)C(=O)CO)[C@@]2(C)C[C@@H]1C. The van der Waals surface area contributed by atoms with E-state index in [2.05, 4.69) is 32.6 Å². The van der Waals surface area contributed by atoms with Crippen molar-refractivity contribution in [2.24, 2.45) is 34.5 Å². The number of aliphatic hydroxyl groups excluding tert-OH is 2. The molecule has 4 aliphatic rings. The van der Waals surface area contributed by atoms with Gasteiger partial charge in [-0.15, -0.1) is 0 Å². The molecule has 3 N–H and O–H groups in total. The van der Waals surface area contributed by atoms with Gasteiger partial charge in [-0.2, -0.15) is 0 Å². The summed E-state index contributed by atoms with van der Waals surface area (Å²) in [5.74, 6) is 0.581. The van der Waals surface area contributed by atoms with Crippen LogP contribution in [0.4, 0.5) is 0 Å². The van der Waals surface area contributed by atoms with E-state index in [4.69, 9.17) is 0 Å². The molecule has 4 aliphatic carbocycles. The van der Waals surface area contributed by atoms with Gasteiger partial charge in [-0.1, -0.05) is 51.2 Å². The molecule has 0 heterocycles. The average molecular weight is 401 g/mol. The zero-order chi connectivity index (χ0) is 21.2. The van der Waals surface area contributed by atoms with Gasteiger partial charge >= 0.3 is 0 Å². The summed E-state index contributed by atoms with van der Waals surface area (Å²) in [4.78, 5) is 12.5. The summed E-state index contributed by atoms with van der Waals surface area (Å²) in [5, 5.41) is 32.2. The van der Waals surface area contributed by atoms with Gasteiger partial charge in [-0.3, -0.25) is 4.79 Å². The van der Waals surface area contributed by atoms with Crippen molar-refractivity contribution in [2.45, 2.75) is 71.0 Å². The van der Waals surface area contributed by atoms with Gasteiger partial charge in [-0.05, 0) is 73.2 Å². The number of carbonyl (C=O) groups is 1. The van der Waals surface area contributed by atoms with E-state index in [0.29, 0.717) is 24.7 Å². The molecule has 3 fully saturated rings.